The Bertz CT molecular complexity index is 504. The summed E-state index contributed by atoms with van der Waals surface area (Å²) in [5.74, 6) is 0. The molecule has 0 spiro atoms. The average molecular weight is 288 g/mol. The molecule has 0 amide bonds. The number of thiophene rings is 1. The van der Waals surface area contributed by atoms with Crippen LogP contribution in [0, 0.1) is 0 Å². The Morgan fingerprint density at radius 2 is 1.90 bits per heavy atom. The average Bonchev–Trinajstić information content (AvgIpc) is 2.98. The van der Waals surface area contributed by atoms with Crippen molar-refractivity contribution in [3.8, 4) is 0 Å². The molecule has 2 rings (SSSR count). The summed E-state index contributed by atoms with van der Waals surface area (Å²) in [6, 6.07) is 13.6. The SMILES string of the molecule is CCC(N)c1ccc(N(C)C(C)Cc2cccs2)cc1. The zero-order valence-corrected chi connectivity index (χ0v) is 13.4. The lowest BCUT2D eigenvalue weighted by Crippen LogP contribution is -2.30. The molecule has 0 fully saturated rings. The summed E-state index contributed by atoms with van der Waals surface area (Å²) in [6.45, 7) is 4.39. The molecule has 20 heavy (non-hydrogen) atoms. The van der Waals surface area contributed by atoms with E-state index in [1.54, 1.807) is 0 Å². The Morgan fingerprint density at radius 3 is 2.45 bits per heavy atom. The fraction of sp³-hybridized carbons (Fsp3) is 0.412. The maximum Gasteiger partial charge on any atom is 0.0366 e. The number of hydrogen-bond acceptors (Lipinski definition) is 3. The van der Waals surface area contributed by atoms with Crippen molar-refractivity contribution in [2.24, 2.45) is 5.73 Å². The number of hydrogen-bond donors (Lipinski definition) is 1. The summed E-state index contributed by atoms with van der Waals surface area (Å²) in [4.78, 5) is 3.77. The monoisotopic (exact) mass is 288 g/mol. The van der Waals surface area contributed by atoms with E-state index >= 15 is 0 Å². The quantitative estimate of drug-likeness (QED) is 0.862. The Morgan fingerprint density at radius 1 is 1.20 bits per heavy atom. The first-order chi connectivity index (χ1) is 9.61. The van der Waals surface area contributed by atoms with Crippen LogP contribution in [0.15, 0.2) is 41.8 Å². The first-order valence-electron chi connectivity index (χ1n) is 7.22. The highest BCUT2D eigenvalue weighted by molar-refractivity contribution is 7.09. The molecule has 2 nitrogen and oxygen atoms in total. The van der Waals surface area contributed by atoms with Gasteiger partial charge in [0.1, 0.15) is 0 Å². The van der Waals surface area contributed by atoms with E-state index < -0.39 is 0 Å². The predicted molar refractivity (Wildman–Crippen MR) is 89.5 cm³/mol. The van der Waals surface area contributed by atoms with Crippen LogP contribution < -0.4 is 10.6 Å². The van der Waals surface area contributed by atoms with Crippen LogP contribution in [-0.4, -0.2) is 13.1 Å². The van der Waals surface area contributed by atoms with Gasteiger partial charge < -0.3 is 10.6 Å². The molecule has 2 N–H and O–H groups in total. The van der Waals surface area contributed by atoms with Gasteiger partial charge in [0, 0.05) is 36.1 Å². The van der Waals surface area contributed by atoms with Gasteiger partial charge in [-0.15, -0.1) is 11.3 Å². The van der Waals surface area contributed by atoms with Crippen LogP contribution >= 0.6 is 11.3 Å². The molecule has 3 heteroatoms. The number of nitrogens with zero attached hydrogens (tertiary/aromatic N) is 1. The van der Waals surface area contributed by atoms with Gasteiger partial charge in [-0.3, -0.25) is 0 Å². The molecule has 2 atom stereocenters. The van der Waals surface area contributed by atoms with Crippen LogP contribution in [0.4, 0.5) is 5.69 Å². The lowest BCUT2D eigenvalue weighted by atomic mass is 10.0. The second-order valence-corrected chi connectivity index (χ2v) is 6.38. The largest absolute Gasteiger partial charge is 0.372 e. The van der Waals surface area contributed by atoms with Crippen molar-refractivity contribution < 1.29 is 0 Å². The highest BCUT2D eigenvalue weighted by Crippen LogP contribution is 2.22. The fourth-order valence-corrected chi connectivity index (χ4v) is 3.13. The van der Waals surface area contributed by atoms with Crippen molar-refractivity contribution in [1.29, 1.82) is 0 Å². The van der Waals surface area contributed by atoms with Gasteiger partial charge in [-0.1, -0.05) is 25.1 Å². The number of rotatable bonds is 6. The van der Waals surface area contributed by atoms with E-state index in [2.05, 4.69) is 67.6 Å². The minimum atomic E-state index is 0.151. The first kappa shape index (κ1) is 15.1. The van der Waals surface area contributed by atoms with Gasteiger partial charge in [0.25, 0.3) is 0 Å². The molecular weight excluding hydrogens is 264 g/mol. The molecule has 0 radical (unpaired) electrons. The lowest BCUT2D eigenvalue weighted by molar-refractivity contribution is 0.684. The Labute approximate surface area is 126 Å². The summed E-state index contributed by atoms with van der Waals surface area (Å²) < 4.78 is 0. The van der Waals surface area contributed by atoms with Crippen LogP contribution in [0.3, 0.4) is 0 Å². The summed E-state index contributed by atoms with van der Waals surface area (Å²) in [7, 11) is 2.16. The van der Waals surface area contributed by atoms with Crippen molar-refractivity contribution in [3.63, 3.8) is 0 Å². The Hall–Kier alpha value is -1.32. The van der Waals surface area contributed by atoms with E-state index in [-0.39, 0.29) is 6.04 Å². The highest BCUT2D eigenvalue weighted by atomic mass is 32.1. The standard InChI is InChI=1S/C17H24N2S/c1-4-17(18)14-7-9-15(10-8-14)19(3)13(2)12-16-6-5-11-20-16/h5-11,13,17H,4,12,18H2,1-3H3. The zero-order chi connectivity index (χ0) is 14.5. The van der Waals surface area contributed by atoms with Gasteiger partial charge in [-0.25, -0.2) is 0 Å². The minimum Gasteiger partial charge on any atom is -0.372 e. The second-order valence-electron chi connectivity index (χ2n) is 5.35. The molecule has 0 aliphatic rings. The molecule has 2 aromatic rings. The van der Waals surface area contributed by atoms with Crippen LogP contribution in [0.25, 0.3) is 0 Å². The van der Waals surface area contributed by atoms with E-state index in [9.17, 15) is 0 Å². The topological polar surface area (TPSA) is 29.3 Å². The molecule has 0 saturated carbocycles. The highest BCUT2D eigenvalue weighted by Gasteiger charge is 2.12. The normalized spacial score (nSPS) is 14.0. The third-order valence-corrected chi connectivity index (χ3v) is 4.80. The van der Waals surface area contributed by atoms with Gasteiger partial charge in [-0.2, -0.15) is 0 Å². The fourth-order valence-electron chi connectivity index (χ4n) is 2.30. The van der Waals surface area contributed by atoms with Gasteiger partial charge in [-0.05, 0) is 42.5 Å². The molecule has 1 heterocycles. The van der Waals surface area contributed by atoms with Gasteiger partial charge >= 0.3 is 0 Å². The zero-order valence-electron chi connectivity index (χ0n) is 12.5. The van der Waals surface area contributed by atoms with Gasteiger partial charge in [0.2, 0.25) is 0 Å². The molecule has 0 bridgehead atoms. The van der Waals surface area contributed by atoms with Crippen molar-refractivity contribution in [2.45, 2.75) is 38.8 Å². The van der Waals surface area contributed by atoms with Gasteiger partial charge in [0.05, 0.1) is 0 Å². The molecule has 0 aliphatic heterocycles. The molecular formula is C17H24N2S. The third-order valence-electron chi connectivity index (χ3n) is 3.91. The van der Waals surface area contributed by atoms with E-state index in [0.29, 0.717) is 6.04 Å². The van der Waals surface area contributed by atoms with Crippen molar-refractivity contribution in [3.05, 3.63) is 52.2 Å². The molecule has 1 aromatic heterocycles. The Balaban J connectivity index is 2.02. The summed E-state index contributed by atoms with van der Waals surface area (Å²) >= 11 is 1.83. The number of benzene rings is 1. The Kier molecular flexibility index (Phi) is 5.21. The summed E-state index contributed by atoms with van der Waals surface area (Å²) in [5.41, 5.74) is 8.53. The lowest BCUT2D eigenvalue weighted by Gasteiger charge is -2.27. The van der Waals surface area contributed by atoms with E-state index in [1.807, 2.05) is 11.3 Å². The smallest absolute Gasteiger partial charge is 0.0366 e. The predicted octanol–water partition coefficient (Wildman–Crippen LogP) is 4.23. The van der Waals surface area contributed by atoms with Crippen molar-refractivity contribution in [2.75, 3.05) is 11.9 Å². The van der Waals surface area contributed by atoms with Crippen LogP contribution in [0.1, 0.15) is 36.8 Å². The van der Waals surface area contributed by atoms with Crippen LogP contribution in [0.2, 0.25) is 0 Å². The molecule has 108 valence electrons. The van der Waals surface area contributed by atoms with E-state index in [4.69, 9.17) is 5.73 Å². The molecule has 0 aliphatic carbocycles. The number of nitrogens with two attached hydrogens (primary N) is 1. The molecule has 0 saturated heterocycles. The summed E-state index contributed by atoms with van der Waals surface area (Å²) in [5, 5.41) is 2.14. The van der Waals surface area contributed by atoms with Crippen molar-refractivity contribution in [1.82, 2.24) is 0 Å². The maximum absolute atomic E-state index is 6.06. The number of likely N-dealkylation sites (N-methyl/N-ethyl adjacent to an activating group) is 1. The van der Waals surface area contributed by atoms with Crippen molar-refractivity contribution >= 4 is 17.0 Å². The van der Waals surface area contributed by atoms with E-state index in [1.165, 1.54) is 16.1 Å². The van der Waals surface area contributed by atoms with Crippen LogP contribution in [-0.2, 0) is 6.42 Å². The first-order valence-corrected chi connectivity index (χ1v) is 8.10. The summed E-state index contributed by atoms with van der Waals surface area (Å²) in [6.07, 6.45) is 2.06. The van der Waals surface area contributed by atoms with Gasteiger partial charge in [0.15, 0.2) is 0 Å². The molecule has 1 aromatic carbocycles. The van der Waals surface area contributed by atoms with E-state index in [0.717, 1.165) is 12.8 Å². The van der Waals surface area contributed by atoms with Crippen LogP contribution in [0.5, 0.6) is 0 Å². The third kappa shape index (κ3) is 3.62. The number of anilines is 1. The second kappa shape index (κ2) is 6.91. The molecule has 2 unspecified atom stereocenters. The maximum atomic E-state index is 6.06. The minimum absolute atomic E-state index is 0.151.